The summed E-state index contributed by atoms with van der Waals surface area (Å²) < 4.78 is 10.8. The minimum absolute atomic E-state index is 0.696. The lowest BCUT2D eigenvalue weighted by Gasteiger charge is -2.29. The molecule has 2 saturated heterocycles. The Morgan fingerprint density at radius 2 is 1.83 bits per heavy atom. The Balaban J connectivity index is 1.63. The molecule has 0 N–H and O–H groups in total. The second-order valence-corrected chi connectivity index (χ2v) is 6.61. The minimum atomic E-state index is 0.696. The number of thioether (sulfide) groups is 1. The van der Waals surface area contributed by atoms with E-state index < -0.39 is 0 Å². The fraction of sp³-hybridized carbons (Fsp3) is 0.625. The highest BCUT2D eigenvalue weighted by Gasteiger charge is 2.18. The van der Waals surface area contributed by atoms with Gasteiger partial charge in [-0.1, -0.05) is 0 Å². The first kappa shape index (κ1) is 16.5. The molecule has 0 radical (unpaired) electrons. The number of nitriles is 1. The van der Waals surface area contributed by atoms with Crippen molar-refractivity contribution in [3.8, 4) is 6.07 Å². The molecule has 1 aromatic rings. The van der Waals surface area contributed by atoms with E-state index in [-0.39, 0.29) is 0 Å². The highest BCUT2D eigenvalue weighted by atomic mass is 32.2. The largest absolute Gasteiger partial charge is 0.379 e. The minimum Gasteiger partial charge on any atom is -0.379 e. The Labute approximate surface area is 141 Å². The van der Waals surface area contributed by atoms with E-state index in [9.17, 15) is 5.26 Å². The molecule has 0 amide bonds. The van der Waals surface area contributed by atoms with E-state index >= 15 is 0 Å². The second-order valence-electron chi connectivity index (χ2n) is 5.52. The summed E-state index contributed by atoms with van der Waals surface area (Å²) in [7, 11) is 0. The van der Waals surface area contributed by atoms with Crippen molar-refractivity contribution in [2.24, 2.45) is 0 Å². The van der Waals surface area contributed by atoms with Crippen LogP contribution in [0.4, 0.5) is 5.69 Å². The lowest BCUT2D eigenvalue weighted by molar-refractivity contribution is 0.0410. The molecule has 0 bridgehead atoms. The molecule has 3 heterocycles. The Hall–Kier alpha value is -1.33. The lowest BCUT2D eigenvalue weighted by Crippen LogP contribution is -2.37. The molecule has 3 rings (SSSR count). The molecular formula is C16H22N4O2S. The first-order valence-electron chi connectivity index (χ1n) is 8.03. The highest BCUT2D eigenvalue weighted by molar-refractivity contribution is 7.99. The van der Waals surface area contributed by atoms with Crippen LogP contribution < -0.4 is 4.90 Å². The zero-order valence-electron chi connectivity index (χ0n) is 13.2. The highest BCUT2D eigenvalue weighted by Crippen LogP contribution is 2.28. The molecule has 2 aliphatic heterocycles. The van der Waals surface area contributed by atoms with Gasteiger partial charge in [0.05, 0.1) is 32.1 Å². The normalized spacial score (nSPS) is 19.5. The van der Waals surface area contributed by atoms with Crippen LogP contribution in [0.1, 0.15) is 5.56 Å². The van der Waals surface area contributed by atoms with Gasteiger partial charge in [0.25, 0.3) is 0 Å². The lowest BCUT2D eigenvalue weighted by atomic mass is 10.2. The average molecular weight is 334 g/mol. The van der Waals surface area contributed by atoms with E-state index in [1.807, 2.05) is 12.3 Å². The van der Waals surface area contributed by atoms with Crippen molar-refractivity contribution < 1.29 is 9.47 Å². The molecule has 2 fully saturated rings. The second kappa shape index (κ2) is 8.50. The van der Waals surface area contributed by atoms with Gasteiger partial charge in [0.1, 0.15) is 16.7 Å². The van der Waals surface area contributed by atoms with Crippen molar-refractivity contribution in [1.29, 1.82) is 5.26 Å². The third-order valence-corrected chi connectivity index (χ3v) is 5.08. The summed E-state index contributed by atoms with van der Waals surface area (Å²) in [5.74, 6) is 0.939. The standard InChI is InChI=1S/C16H22N4O2S/c17-13-14-15(20-5-10-22-11-6-20)1-2-18-16(14)23-12-7-19-3-8-21-9-4-19/h1-2H,3-12H2. The van der Waals surface area contributed by atoms with Gasteiger partial charge in [0.2, 0.25) is 0 Å². The van der Waals surface area contributed by atoms with Crippen LogP contribution in [-0.2, 0) is 9.47 Å². The maximum Gasteiger partial charge on any atom is 0.116 e. The topological polar surface area (TPSA) is 61.6 Å². The number of pyridine rings is 1. The van der Waals surface area contributed by atoms with Crippen molar-refractivity contribution in [3.63, 3.8) is 0 Å². The van der Waals surface area contributed by atoms with Crippen LogP contribution in [0.15, 0.2) is 17.3 Å². The first-order chi connectivity index (χ1) is 11.4. The van der Waals surface area contributed by atoms with Crippen LogP contribution >= 0.6 is 11.8 Å². The molecule has 0 saturated carbocycles. The van der Waals surface area contributed by atoms with Crippen molar-refractivity contribution in [1.82, 2.24) is 9.88 Å². The van der Waals surface area contributed by atoms with Crippen LogP contribution in [0.3, 0.4) is 0 Å². The monoisotopic (exact) mass is 334 g/mol. The molecule has 0 aliphatic carbocycles. The van der Waals surface area contributed by atoms with E-state index in [2.05, 4.69) is 20.9 Å². The number of hydrogen-bond acceptors (Lipinski definition) is 7. The molecular weight excluding hydrogens is 312 g/mol. The molecule has 0 atom stereocenters. The van der Waals surface area contributed by atoms with Gasteiger partial charge >= 0.3 is 0 Å². The van der Waals surface area contributed by atoms with Gasteiger partial charge in [-0.2, -0.15) is 5.26 Å². The average Bonchev–Trinajstić information content (AvgIpc) is 2.63. The summed E-state index contributed by atoms with van der Waals surface area (Å²) >= 11 is 1.67. The van der Waals surface area contributed by atoms with Crippen LogP contribution in [0.2, 0.25) is 0 Å². The van der Waals surface area contributed by atoms with Gasteiger partial charge in [-0.25, -0.2) is 4.98 Å². The number of aromatic nitrogens is 1. The van der Waals surface area contributed by atoms with Crippen molar-refractivity contribution >= 4 is 17.4 Å². The fourth-order valence-electron chi connectivity index (χ4n) is 2.81. The zero-order chi connectivity index (χ0) is 15.9. The van der Waals surface area contributed by atoms with Gasteiger partial charge in [-0.3, -0.25) is 4.90 Å². The van der Waals surface area contributed by atoms with Crippen molar-refractivity contribution in [2.45, 2.75) is 5.03 Å². The molecule has 2 aliphatic rings. The zero-order valence-corrected chi connectivity index (χ0v) is 14.1. The Morgan fingerprint density at radius 3 is 2.52 bits per heavy atom. The molecule has 0 unspecified atom stereocenters. The van der Waals surface area contributed by atoms with Crippen LogP contribution in [-0.4, -0.2) is 74.8 Å². The quantitative estimate of drug-likeness (QED) is 0.750. The van der Waals surface area contributed by atoms with Gasteiger partial charge in [-0.05, 0) is 6.07 Å². The number of ether oxygens (including phenoxy) is 2. The third kappa shape index (κ3) is 4.36. The molecule has 0 spiro atoms. The number of rotatable bonds is 5. The van der Waals surface area contributed by atoms with E-state index in [4.69, 9.17) is 9.47 Å². The number of hydrogen-bond donors (Lipinski definition) is 0. The Bertz CT molecular complexity index is 552. The van der Waals surface area contributed by atoms with E-state index in [1.165, 1.54) is 0 Å². The summed E-state index contributed by atoms with van der Waals surface area (Å²) in [6.07, 6.45) is 1.81. The van der Waals surface area contributed by atoms with Crippen LogP contribution in [0.25, 0.3) is 0 Å². The van der Waals surface area contributed by atoms with E-state index in [1.54, 1.807) is 11.8 Å². The fourth-order valence-corrected chi connectivity index (χ4v) is 3.78. The maximum absolute atomic E-state index is 9.59. The summed E-state index contributed by atoms with van der Waals surface area (Å²) in [6.45, 7) is 7.71. The smallest absolute Gasteiger partial charge is 0.116 e. The number of nitrogens with zero attached hydrogens (tertiary/aromatic N) is 4. The van der Waals surface area contributed by atoms with Crippen LogP contribution in [0.5, 0.6) is 0 Å². The molecule has 1 aromatic heterocycles. The molecule has 7 heteroatoms. The Kier molecular flexibility index (Phi) is 6.11. The molecule has 0 aromatic carbocycles. The van der Waals surface area contributed by atoms with Gasteiger partial charge in [-0.15, -0.1) is 11.8 Å². The first-order valence-corrected chi connectivity index (χ1v) is 9.02. The van der Waals surface area contributed by atoms with E-state index in [0.717, 1.165) is 62.4 Å². The van der Waals surface area contributed by atoms with Crippen molar-refractivity contribution in [3.05, 3.63) is 17.8 Å². The molecule has 124 valence electrons. The molecule has 6 nitrogen and oxygen atoms in total. The van der Waals surface area contributed by atoms with Gasteiger partial charge < -0.3 is 14.4 Å². The van der Waals surface area contributed by atoms with Crippen LogP contribution in [0, 0.1) is 11.3 Å². The predicted octanol–water partition coefficient (Wildman–Crippen LogP) is 1.21. The predicted molar refractivity (Wildman–Crippen MR) is 90.0 cm³/mol. The number of anilines is 1. The Morgan fingerprint density at radius 1 is 1.13 bits per heavy atom. The summed E-state index contributed by atoms with van der Waals surface area (Å²) in [6, 6.07) is 4.29. The summed E-state index contributed by atoms with van der Waals surface area (Å²) in [4.78, 5) is 9.04. The maximum atomic E-state index is 9.59. The third-order valence-electron chi connectivity index (χ3n) is 4.11. The summed E-state index contributed by atoms with van der Waals surface area (Å²) in [5.41, 5.74) is 1.68. The molecule has 23 heavy (non-hydrogen) atoms. The summed E-state index contributed by atoms with van der Waals surface area (Å²) in [5, 5.41) is 10.4. The SMILES string of the molecule is N#Cc1c(N2CCOCC2)ccnc1SCCN1CCOCC1. The van der Waals surface area contributed by atoms with E-state index in [0.29, 0.717) is 18.8 Å². The van der Waals surface area contributed by atoms with Gasteiger partial charge in [0.15, 0.2) is 0 Å². The van der Waals surface area contributed by atoms with Gasteiger partial charge in [0, 0.05) is 44.7 Å². The number of morpholine rings is 2. The van der Waals surface area contributed by atoms with Crippen molar-refractivity contribution in [2.75, 3.05) is 69.8 Å².